The molecule has 1 aromatic carbocycles. The minimum absolute atomic E-state index is 0.454. The summed E-state index contributed by atoms with van der Waals surface area (Å²) in [4.78, 5) is 0. The molecule has 0 radical (unpaired) electrons. The summed E-state index contributed by atoms with van der Waals surface area (Å²) in [5, 5.41) is 3.67. The van der Waals surface area contributed by atoms with Crippen LogP contribution in [0.5, 0.6) is 0 Å². The second kappa shape index (κ2) is 5.77. The van der Waals surface area contributed by atoms with Gasteiger partial charge in [0, 0.05) is 18.3 Å². The predicted octanol–water partition coefficient (Wildman–Crippen LogP) is 3.97. The molecule has 20 heavy (non-hydrogen) atoms. The molecule has 110 valence electrons. The van der Waals surface area contributed by atoms with E-state index in [2.05, 4.69) is 31.3 Å². The molecule has 2 heteroatoms. The highest BCUT2D eigenvalue weighted by molar-refractivity contribution is 5.55. The van der Waals surface area contributed by atoms with E-state index in [0.717, 1.165) is 18.4 Å². The second-order valence-electron chi connectivity index (χ2n) is 6.97. The van der Waals surface area contributed by atoms with Crippen molar-refractivity contribution in [3.63, 3.8) is 0 Å². The van der Waals surface area contributed by atoms with Gasteiger partial charge in [0.05, 0.1) is 0 Å². The topological polar surface area (TPSA) is 38.0 Å². The lowest BCUT2D eigenvalue weighted by Gasteiger charge is -2.26. The van der Waals surface area contributed by atoms with Gasteiger partial charge in [0.25, 0.3) is 0 Å². The zero-order valence-corrected chi connectivity index (χ0v) is 12.9. The van der Waals surface area contributed by atoms with E-state index in [1.807, 2.05) is 0 Å². The zero-order valence-electron chi connectivity index (χ0n) is 12.9. The number of nitrogens with one attached hydrogen (secondary N) is 1. The molecule has 0 heterocycles. The van der Waals surface area contributed by atoms with Crippen molar-refractivity contribution in [3.8, 4) is 0 Å². The molecule has 2 nitrogen and oxygen atoms in total. The number of anilines is 1. The van der Waals surface area contributed by atoms with Crippen LogP contribution in [0.1, 0.15) is 61.6 Å². The Morgan fingerprint density at radius 3 is 2.65 bits per heavy atom. The van der Waals surface area contributed by atoms with Crippen molar-refractivity contribution in [1.82, 2.24) is 0 Å². The molecular weight excluding hydrogens is 244 g/mol. The molecule has 0 amide bonds. The van der Waals surface area contributed by atoms with Gasteiger partial charge in [0.1, 0.15) is 0 Å². The minimum Gasteiger partial charge on any atom is -0.385 e. The molecule has 1 fully saturated rings. The van der Waals surface area contributed by atoms with Gasteiger partial charge in [-0.05, 0) is 86.1 Å². The van der Waals surface area contributed by atoms with Crippen molar-refractivity contribution >= 4 is 5.69 Å². The van der Waals surface area contributed by atoms with Crippen molar-refractivity contribution in [1.29, 1.82) is 0 Å². The summed E-state index contributed by atoms with van der Waals surface area (Å²) in [5.74, 6) is 1.56. The van der Waals surface area contributed by atoms with E-state index in [1.54, 1.807) is 11.1 Å². The highest BCUT2D eigenvalue weighted by atomic mass is 14.9. The molecule has 0 aliphatic heterocycles. The van der Waals surface area contributed by atoms with Gasteiger partial charge in [-0.25, -0.2) is 0 Å². The number of aryl methyl sites for hydroxylation is 2. The maximum atomic E-state index is 5.98. The van der Waals surface area contributed by atoms with E-state index < -0.39 is 0 Å². The van der Waals surface area contributed by atoms with Crippen LogP contribution in [0.15, 0.2) is 12.1 Å². The highest BCUT2D eigenvalue weighted by Gasteiger charge is 2.22. The van der Waals surface area contributed by atoms with Crippen LogP contribution < -0.4 is 11.1 Å². The first-order valence-corrected chi connectivity index (χ1v) is 8.26. The van der Waals surface area contributed by atoms with E-state index in [1.165, 1.54) is 49.8 Å². The molecule has 0 spiro atoms. The van der Waals surface area contributed by atoms with Gasteiger partial charge in [-0.2, -0.15) is 0 Å². The van der Waals surface area contributed by atoms with Gasteiger partial charge in [-0.3, -0.25) is 0 Å². The average Bonchev–Trinajstić information content (AvgIpc) is 2.80. The van der Waals surface area contributed by atoms with Crippen molar-refractivity contribution in [2.45, 2.75) is 64.3 Å². The summed E-state index contributed by atoms with van der Waals surface area (Å²) in [6.45, 7) is 5.74. The van der Waals surface area contributed by atoms with Crippen LogP contribution in [0.4, 0.5) is 5.69 Å². The van der Waals surface area contributed by atoms with E-state index in [9.17, 15) is 0 Å². The minimum atomic E-state index is 0.454. The van der Waals surface area contributed by atoms with Crippen LogP contribution in [-0.2, 0) is 6.42 Å². The number of nitrogens with two attached hydrogens (primary N) is 1. The highest BCUT2D eigenvalue weighted by Crippen LogP contribution is 2.37. The van der Waals surface area contributed by atoms with Gasteiger partial charge in [0.15, 0.2) is 0 Å². The smallest absolute Gasteiger partial charge is 0.0345 e. The molecule has 0 bridgehead atoms. The first kappa shape index (κ1) is 13.9. The molecule has 2 aliphatic rings. The van der Waals surface area contributed by atoms with Gasteiger partial charge in [-0.15, -0.1) is 0 Å². The first-order valence-electron chi connectivity index (χ1n) is 8.26. The Morgan fingerprint density at radius 2 is 1.90 bits per heavy atom. The van der Waals surface area contributed by atoms with Gasteiger partial charge in [0.2, 0.25) is 0 Å². The Kier molecular flexibility index (Phi) is 4.02. The quantitative estimate of drug-likeness (QED) is 0.873. The fourth-order valence-corrected chi connectivity index (χ4v) is 4.06. The van der Waals surface area contributed by atoms with Crippen molar-refractivity contribution in [2.75, 3.05) is 11.9 Å². The lowest BCUT2D eigenvalue weighted by atomic mass is 9.86. The number of hydrogen-bond acceptors (Lipinski definition) is 2. The number of hydrogen-bond donors (Lipinski definition) is 2. The second-order valence-corrected chi connectivity index (χ2v) is 6.97. The zero-order chi connectivity index (χ0) is 14.1. The van der Waals surface area contributed by atoms with E-state index >= 15 is 0 Å². The Balaban J connectivity index is 1.63. The van der Waals surface area contributed by atoms with Gasteiger partial charge < -0.3 is 11.1 Å². The summed E-state index contributed by atoms with van der Waals surface area (Å²) in [6, 6.07) is 5.19. The van der Waals surface area contributed by atoms with Crippen molar-refractivity contribution in [3.05, 3.63) is 28.8 Å². The molecule has 1 saturated carbocycles. The van der Waals surface area contributed by atoms with Crippen LogP contribution in [0, 0.1) is 12.8 Å². The molecule has 3 rings (SSSR count). The Morgan fingerprint density at radius 1 is 1.15 bits per heavy atom. The van der Waals surface area contributed by atoms with Crippen molar-refractivity contribution in [2.24, 2.45) is 11.7 Å². The van der Waals surface area contributed by atoms with Crippen LogP contribution in [0.3, 0.4) is 0 Å². The molecular formula is C18H28N2. The third kappa shape index (κ3) is 2.85. The molecule has 1 aromatic rings. The molecule has 1 atom stereocenters. The summed E-state index contributed by atoms with van der Waals surface area (Å²) in [7, 11) is 0. The maximum Gasteiger partial charge on any atom is 0.0345 e. The van der Waals surface area contributed by atoms with E-state index in [4.69, 9.17) is 5.73 Å². The van der Waals surface area contributed by atoms with Gasteiger partial charge >= 0.3 is 0 Å². The third-order valence-corrected chi connectivity index (χ3v) is 5.30. The van der Waals surface area contributed by atoms with Crippen LogP contribution in [-0.4, -0.2) is 12.6 Å². The van der Waals surface area contributed by atoms with Crippen LogP contribution in [0.25, 0.3) is 0 Å². The monoisotopic (exact) mass is 272 g/mol. The molecule has 2 aliphatic carbocycles. The SMILES string of the molecule is Cc1cc(NC[C@H]2CC[C@H](N)CC2)cc2c1C(C)CC2. The number of benzene rings is 1. The molecule has 0 aromatic heterocycles. The van der Waals surface area contributed by atoms with Crippen LogP contribution >= 0.6 is 0 Å². The molecule has 3 N–H and O–H groups in total. The average molecular weight is 272 g/mol. The maximum absolute atomic E-state index is 5.98. The number of rotatable bonds is 3. The normalized spacial score (nSPS) is 29.2. The lowest BCUT2D eigenvalue weighted by Crippen LogP contribution is -2.29. The summed E-state index contributed by atoms with van der Waals surface area (Å²) < 4.78 is 0. The Hall–Kier alpha value is -1.02. The summed E-state index contributed by atoms with van der Waals surface area (Å²) >= 11 is 0. The Bertz CT molecular complexity index is 473. The largest absolute Gasteiger partial charge is 0.385 e. The molecule has 0 saturated heterocycles. The standard InChI is InChI=1S/C18H28N2/c1-12-3-6-15-10-17(9-13(2)18(12)15)20-11-14-4-7-16(19)8-5-14/h9-10,12,14,16,20H,3-8,11,19H2,1-2H3/t12?,14-,16-. The first-order chi connectivity index (χ1) is 9.63. The number of fused-ring (bicyclic) bond motifs is 1. The third-order valence-electron chi connectivity index (χ3n) is 5.30. The van der Waals surface area contributed by atoms with E-state index in [0.29, 0.717) is 6.04 Å². The van der Waals surface area contributed by atoms with Gasteiger partial charge in [-0.1, -0.05) is 6.92 Å². The predicted molar refractivity (Wildman–Crippen MR) is 86.3 cm³/mol. The van der Waals surface area contributed by atoms with E-state index in [-0.39, 0.29) is 0 Å². The Labute approximate surface area is 123 Å². The molecule has 1 unspecified atom stereocenters. The summed E-state index contributed by atoms with van der Waals surface area (Å²) in [6.07, 6.45) is 7.55. The fraction of sp³-hybridized carbons (Fsp3) is 0.667. The van der Waals surface area contributed by atoms with Crippen molar-refractivity contribution < 1.29 is 0 Å². The summed E-state index contributed by atoms with van der Waals surface area (Å²) in [5.41, 5.74) is 12.0. The van der Waals surface area contributed by atoms with Crippen LogP contribution in [0.2, 0.25) is 0 Å². The lowest BCUT2D eigenvalue weighted by molar-refractivity contribution is 0.339. The fourth-order valence-electron chi connectivity index (χ4n) is 4.06.